The number of benzene rings is 1. The van der Waals surface area contributed by atoms with E-state index in [9.17, 15) is 22.8 Å². The van der Waals surface area contributed by atoms with Crippen LogP contribution < -0.4 is 5.73 Å². The van der Waals surface area contributed by atoms with Crippen LogP contribution in [0.2, 0.25) is 0 Å². The zero-order chi connectivity index (χ0) is 20.3. The minimum Gasteiger partial charge on any atom is -0.369 e. The predicted octanol–water partition coefficient (Wildman–Crippen LogP) is -0.513. The smallest absolute Gasteiger partial charge is 0.253 e. The van der Waals surface area contributed by atoms with Crippen LogP contribution in [0.3, 0.4) is 0 Å². The normalized spacial score (nSPS) is 19.4. The fourth-order valence-corrected chi connectivity index (χ4v) is 4.94. The molecule has 0 aliphatic carbocycles. The molecular weight excluding hydrogens is 384 g/mol. The first kappa shape index (κ1) is 20.3. The summed E-state index contributed by atoms with van der Waals surface area (Å²) >= 11 is 0. The van der Waals surface area contributed by atoms with E-state index in [1.165, 1.54) is 33.5 Å². The third kappa shape index (κ3) is 4.17. The summed E-state index contributed by atoms with van der Waals surface area (Å²) in [6.07, 6.45) is 1.80. The molecule has 0 radical (unpaired) electrons. The zero-order valence-electron chi connectivity index (χ0n) is 15.5. The summed E-state index contributed by atoms with van der Waals surface area (Å²) in [6, 6.07) is 5.89. The van der Waals surface area contributed by atoms with Crippen molar-refractivity contribution in [3.8, 4) is 0 Å². The molecule has 0 unspecified atom stereocenters. The van der Waals surface area contributed by atoms with E-state index < -0.39 is 10.0 Å². The van der Waals surface area contributed by atoms with Crippen molar-refractivity contribution < 1.29 is 22.8 Å². The van der Waals surface area contributed by atoms with Gasteiger partial charge in [0.05, 0.1) is 4.90 Å². The molecule has 1 aromatic rings. The fourth-order valence-electron chi connectivity index (χ4n) is 3.52. The van der Waals surface area contributed by atoms with Crippen LogP contribution in [-0.4, -0.2) is 80.0 Å². The van der Waals surface area contributed by atoms with Crippen molar-refractivity contribution in [2.24, 2.45) is 11.7 Å². The van der Waals surface area contributed by atoms with Crippen LogP contribution in [0.1, 0.15) is 23.2 Å². The molecule has 3 rings (SSSR count). The Morgan fingerprint density at radius 1 is 0.964 bits per heavy atom. The van der Waals surface area contributed by atoms with Gasteiger partial charge in [-0.3, -0.25) is 14.4 Å². The van der Waals surface area contributed by atoms with E-state index in [1.807, 2.05) is 0 Å². The number of rotatable bonds is 5. The molecule has 2 saturated heterocycles. The average Bonchev–Trinajstić information content (AvgIpc) is 2.73. The van der Waals surface area contributed by atoms with Crippen molar-refractivity contribution in [2.75, 3.05) is 39.3 Å². The average molecular weight is 408 g/mol. The highest BCUT2D eigenvalue weighted by Crippen LogP contribution is 2.21. The van der Waals surface area contributed by atoms with Crippen LogP contribution in [0.25, 0.3) is 0 Å². The molecular formula is C18H24N4O5S. The van der Waals surface area contributed by atoms with Gasteiger partial charge in [-0.05, 0) is 37.1 Å². The second-order valence-electron chi connectivity index (χ2n) is 7.04. The zero-order valence-corrected chi connectivity index (χ0v) is 16.3. The summed E-state index contributed by atoms with van der Waals surface area (Å²) in [5.74, 6) is -0.724. The number of carbonyl (C=O) groups is 3. The largest absolute Gasteiger partial charge is 0.369 e. The summed E-state index contributed by atoms with van der Waals surface area (Å²) in [4.78, 5) is 37.9. The van der Waals surface area contributed by atoms with E-state index in [1.54, 1.807) is 4.90 Å². The summed E-state index contributed by atoms with van der Waals surface area (Å²) < 4.78 is 26.8. The number of carbonyl (C=O) groups excluding carboxylic acids is 3. The van der Waals surface area contributed by atoms with Gasteiger partial charge in [0.15, 0.2) is 0 Å². The van der Waals surface area contributed by atoms with Crippen molar-refractivity contribution in [3.63, 3.8) is 0 Å². The molecule has 0 aromatic heterocycles. The highest BCUT2D eigenvalue weighted by Gasteiger charge is 2.29. The number of hydrogen-bond acceptors (Lipinski definition) is 5. The number of amides is 3. The van der Waals surface area contributed by atoms with E-state index in [-0.39, 0.29) is 35.7 Å². The second-order valence-corrected chi connectivity index (χ2v) is 8.98. The summed E-state index contributed by atoms with van der Waals surface area (Å²) in [6.45, 7) is 2.12. The highest BCUT2D eigenvalue weighted by atomic mass is 32.2. The molecule has 2 N–H and O–H groups in total. The van der Waals surface area contributed by atoms with E-state index in [4.69, 9.17) is 5.73 Å². The lowest BCUT2D eigenvalue weighted by Gasteiger charge is -2.32. The Bertz CT molecular complexity index is 839. The van der Waals surface area contributed by atoms with Gasteiger partial charge in [0.25, 0.3) is 5.91 Å². The lowest BCUT2D eigenvalue weighted by atomic mass is 9.96. The van der Waals surface area contributed by atoms with Gasteiger partial charge in [0.2, 0.25) is 22.3 Å². The maximum atomic E-state index is 12.7. The first-order valence-corrected chi connectivity index (χ1v) is 10.6. The van der Waals surface area contributed by atoms with Crippen molar-refractivity contribution in [3.05, 3.63) is 29.8 Å². The Labute approximate surface area is 164 Å². The van der Waals surface area contributed by atoms with Crippen LogP contribution in [0.15, 0.2) is 29.2 Å². The predicted molar refractivity (Wildman–Crippen MR) is 101 cm³/mol. The van der Waals surface area contributed by atoms with Crippen molar-refractivity contribution >= 4 is 28.2 Å². The second kappa shape index (κ2) is 8.27. The van der Waals surface area contributed by atoms with E-state index >= 15 is 0 Å². The molecule has 0 spiro atoms. The Balaban J connectivity index is 1.65. The monoisotopic (exact) mass is 408 g/mol. The molecule has 2 aliphatic heterocycles. The molecule has 10 heteroatoms. The van der Waals surface area contributed by atoms with Crippen molar-refractivity contribution in [1.82, 2.24) is 14.1 Å². The van der Waals surface area contributed by atoms with Crippen molar-refractivity contribution in [1.29, 1.82) is 0 Å². The van der Waals surface area contributed by atoms with Gasteiger partial charge in [0, 0.05) is 50.7 Å². The number of nitrogens with two attached hydrogens (primary N) is 1. The number of nitrogens with zero attached hydrogens (tertiary/aromatic N) is 3. The first-order chi connectivity index (χ1) is 13.3. The Morgan fingerprint density at radius 2 is 1.54 bits per heavy atom. The van der Waals surface area contributed by atoms with Gasteiger partial charge >= 0.3 is 0 Å². The first-order valence-electron chi connectivity index (χ1n) is 9.21. The number of piperazine rings is 1. The molecule has 1 aromatic carbocycles. The number of piperidine rings is 1. The molecule has 0 saturated carbocycles. The molecule has 28 heavy (non-hydrogen) atoms. The topological polar surface area (TPSA) is 121 Å². The van der Waals surface area contributed by atoms with Crippen LogP contribution in [0.5, 0.6) is 0 Å². The Hall–Kier alpha value is -2.46. The van der Waals surface area contributed by atoms with E-state index in [0.717, 1.165) is 6.41 Å². The maximum absolute atomic E-state index is 12.7. The van der Waals surface area contributed by atoms with Gasteiger partial charge < -0.3 is 15.5 Å². The highest BCUT2D eigenvalue weighted by molar-refractivity contribution is 7.89. The summed E-state index contributed by atoms with van der Waals surface area (Å²) in [5.41, 5.74) is 5.72. The van der Waals surface area contributed by atoms with Gasteiger partial charge in [-0.2, -0.15) is 4.31 Å². The number of sulfonamides is 1. The molecule has 9 nitrogen and oxygen atoms in total. The molecule has 2 aliphatic rings. The third-order valence-corrected chi connectivity index (χ3v) is 7.26. The number of hydrogen-bond donors (Lipinski definition) is 1. The Morgan fingerprint density at radius 3 is 2.04 bits per heavy atom. The maximum Gasteiger partial charge on any atom is 0.253 e. The number of likely N-dealkylation sites (tertiary alicyclic amines) is 1. The Kier molecular flexibility index (Phi) is 5.99. The van der Waals surface area contributed by atoms with E-state index in [2.05, 4.69) is 0 Å². The standard InChI is InChI=1S/C18H24N4O5S/c19-17(24)14-5-7-21(8-6-14)18(25)15-1-3-16(4-2-15)28(26,27)22-11-9-20(13-23)10-12-22/h1-4,13-14H,5-12H2,(H2,19,24). The number of primary amides is 1. The van der Waals surface area contributed by atoms with Crippen LogP contribution in [0.4, 0.5) is 0 Å². The SMILES string of the molecule is NC(=O)C1CCN(C(=O)c2ccc(S(=O)(=O)N3CCN(C=O)CC3)cc2)CC1. The van der Waals surface area contributed by atoms with Gasteiger partial charge in [-0.15, -0.1) is 0 Å². The lowest BCUT2D eigenvalue weighted by Crippen LogP contribution is -2.47. The van der Waals surface area contributed by atoms with E-state index in [0.29, 0.717) is 44.6 Å². The van der Waals surface area contributed by atoms with Gasteiger partial charge in [-0.1, -0.05) is 0 Å². The van der Waals surface area contributed by atoms with Gasteiger partial charge in [-0.25, -0.2) is 8.42 Å². The molecule has 152 valence electrons. The fraction of sp³-hybridized carbons (Fsp3) is 0.500. The van der Waals surface area contributed by atoms with Crippen molar-refractivity contribution in [2.45, 2.75) is 17.7 Å². The summed E-state index contributed by atoms with van der Waals surface area (Å²) in [7, 11) is -3.66. The molecule has 0 atom stereocenters. The van der Waals surface area contributed by atoms with Crippen LogP contribution >= 0.6 is 0 Å². The molecule has 0 bridgehead atoms. The summed E-state index contributed by atoms with van der Waals surface area (Å²) in [5, 5.41) is 0. The quantitative estimate of drug-likeness (QED) is 0.658. The molecule has 2 heterocycles. The third-order valence-electron chi connectivity index (χ3n) is 5.35. The van der Waals surface area contributed by atoms with Gasteiger partial charge in [0.1, 0.15) is 0 Å². The minimum atomic E-state index is -3.66. The van der Waals surface area contributed by atoms with Crippen LogP contribution in [0, 0.1) is 5.92 Å². The lowest BCUT2D eigenvalue weighted by molar-refractivity contribution is -0.123. The molecule has 2 fully saturated rings. The van der Waals surface area contributed by atoms with Crippen LogP contribution in [-0.2, 0) is 19.6 Å². The minimum absolute atomic E-state index is 0.121. The molecule has 3 amide bonds.